The summed E-state index contributed by atoms with van der Waals surface area (Å²) < 4.78 is 1.65. The Morgan fingerprint density at radius 1 is 1.16 bits per heavy atom. The van der Waals surface area contributed by atoms with Crippen molar-refractivity contribution in [1.29, 1.82) is 0 Å². The molecule has 0 fully saturated rings. The SMILES string of the molecule is Cc1c(C(=O)O)cc(-c2ccccc2)cc1-n1nnnc1CC(C)C. The quantitative estimate of drug-likeness (QED) is 0.771. The molecule has 6 heteroatoms. The first-order valence-corrected chi connectivity index (χ1v) is 8.18. The zero-order valence-electron chi connectivity index (χ0n) is 14.5. The molecule has 0 spiro atoms. The van der Waals surface area contributed by atoms with Gasteiger partial charge >= 0.3 is 5.97 Å². The van der Waals surface area contributed by atoms with E-state index in [0.717, 1.165) is 17.0 Å². The van der Waals surface area contributed by atoms with Crippen LogP contribution in [0.3, 0.4) is 0 Å². The summed E-state index contributed by atoms with van der Waals surface area (Å²) in [6.45, 7) is 5.97. The number of carboxylic acids is 1. The van der Waals surface area contributed by atoms with Gasteiger partial charge in [-0.1, -0.05) is 44.2 Å². The second kappa shape index (κ2) is 6.84. The highest BCUT2D eigenvalue weighted by Crippen LogP contribution is 2.28. The minimum absolute atomic E-state index is 0.252. The van der Waals surface area contributed by atoms with E-state index < -0.39 is 5.97 Å². The van der Waals surface area contributed by atoms with E-state index in [0.29, 0.717) is 23.6 Å². The first kappa shape index (κ1) is 16.8. The Labute approximate surface area is 146 Å². The zero-order chi connectivity index (χ0) is 18.0. The zero-order valence-corrected chi connectivity index (χ0v) is 14.5. The fourth-order valence-corrected chi connectivity index (χ4v) is 2.82. The normalized spacial score (nSPS) is 11.0. The third-order valence-corrected chi connectivity index (χ3v) is 4.07. The predicted molar refractivity (Wildman–Crippen MR) is 94.8 cm³/mol. The molecular weight excluding hydrogens is 316 g/mol. The Balaban J connectivity index is 2.21. The van der Waals surface area contributed by atoms with Gasteiger partial charge in [-0.15, -0.1) is 5.10 Å². The molecule has 0 aliphatic heterocycles. The highest BCUT2D eigenvalue weighted by Gasteiger charge is 2.18. The molecule has 3 aromatic rings. The molecule has 0 aliphatic rings. The van der Waals surface area contributed by atoms with Crippen LogP contribution in [0.2, 0.25) is 0 Å². The number of rotatable bonds is 5. The molecule has 1 N–H and O–H groups in total. The Hall–Kier alpha value is -3.02. The van der Waals surface area contributed by atoms with Gasteiger partial charge in [-0.25, -0.2) is 4.79 Å². The fraction of sp³-hybridized carbons (Fsp3) is 0.263. The van der Waals surface area contributed by atoms with Crippen LogP contribution in [-0.4, -0.2) is 31.3 Å². The predicted octanol–water partition coefficient (Wildman–Crippen LogP) is 3.53. The number of aromatic nitrogens is 4. The highest BCUT2D eigenvalue weighted by molar-refractivity contribution is 5.92. The molecule has 0 amide bonds. The van der Waals surface area contributed by atoms with Crippen LogP contribution < -0.4 is 0 Å². The van der Waals surface area contributed by atoms with Gasteiger partial charge in [0.25, 0.3) is 0 Å². The lowest BCUT2D eigenvalue weighted by Gasteiger charge is -2.14. The van der Waals surface area contributed by atoms with Crippen LogP contribution in [0.25, 0.3) is 16.8 Å². The standard InChI is InChI=1S/C19H20N4O2/c1-12(2)9-18-20-21-22-23(18)17-11-15(14-7-5-4-6-8-14)10-16(13(17)3)19(24)25/h4-8,10-12H,9H2,1-3H3,(H,24,25). The van der Waals surface area contributed by atoms with Gasteiger partial charge in [-0.3, -0.25) is 0 Å². The molecule has 0 saturated heterocycles. The van der Waals surface area contributed by atoms with Gasteiger partial charge < -0.3 is 5.11 Å². The van der Waals surface area contributed by atoms with Gasteiger partial charge in [0.05, 0.1) is 11.3 Å². The van der Waals surface area contributed by atoms with E-state index in [2.05, 4.69) is 29.4 Å². The topological polar surface area (TPSA) is 80.9 Å². The number of tetrazole rings is 1. The number of benzene rings is 2. The summed E-state index contributed by atoms with van der Waals surface area (Å²) in [5.74, 6) is 0.149. The lowest BCUT2D eigenvalue weighted by molar-refractivity contribution is 0.0696. The number of carbonyl (C=O) groups is 1. The molecule has 6 nitrogen and oxygen atoms in total. The van der Waals surface area contributed by atoms with E-state index in [4.69, 9.17) is 0 Å². The molecule has 0 unspecified atom stereocenters. The van der Waals surface area contributed by atoms with Crippen molar-refractivity contribution in [3.8, 4) is 16.8 Å². The average Bonchev–Trinajstić information content (AvgIpc) is 3.02. The van der Waals surface area contributed by atoms with Crippen molar-refractivity contribution in [1.82, 2.24) is 20.2 Å². The van der Waals surface area contributed by atoms with Gasteiger partial charge in [0.2, 0.25) is 0 Å². The van der Waals surface area contributed by atoms with Crippen LogP contribution in [0.1, 0.15) is 35.6 Å². The van der Waals surface area contributed by atoms with E-state index in [-0.39, 0.29) is 5.56 Å². The maximum Gasteiger partial charge on any atom is 0.336 e. The number of nitrogens with zero attached hydrogens (tertiary/aromatic N) is 4. The summed E-state index contributed by atoms with van der Waals surface area (Å²) in [7, 11) is 0. The van der Waals surface area contributed by atoms with E-state index in [1.165, 1.54) is 0 Å². The molecule has 2 aromatic carbocycles. The van der Waals surface area contributed by atoms with E-state index in [9.17, 15) is 9.90 Å². The molecule has 0 radical (unpaired) electrons. The number of hydrogen-bond acceptors (Lipinski definition) is 4. The summed E-state index contributed by atoms with van der Waals surface area (Å²) in [5.41, 5.74) is 3.36. The summed E-state index contributed by atoms with van der Waals surface area (Å²) in [5, 5.41) is 21.6. The van der Waals surface area contributed by atoms with Crippen molar-refractivity contribution in [2.45, 2.75) is 27.2 Å². The maximum atomic E-state index is 11.7. The van der Waals surface area contributed by atoms with Gasteiger partial charge in [-0.2, -0.15) is 4.68 Å². The van der Waals surface area contributed by atoms with Gasteiger partial charge in [0, 0.05) is 6.42 Å². The van der Waals surface area contributed by atoms with Crippen LogP contribution >= 0.6 is 0 Å². The minimum Gasteiger partial charge on any atom is -0.478 e. The van der Waals surface area contributed by atoms with Crippen LogP contribution in [0.4, 0.5) is 0 Å². The third kappa shape index (κ3) is 3.42. The molecule has 25 heavy (non-hydrogen) atoms. The first-order valence-electron chi connectivity index (χ1n) is 8.18. The number of aromatic carboxylic acids is 1. The Bertz CT molecular complexity index is 901. The fourth-order valence-electron chi connectivity index (χ4n) is 2.82. The smallest absolute Gasteiger partial charge is 0.336 e. The molecule has 3 rings (SSSR count). The van der Waals surface area contributed by atoms with Crippen molar-refractivity contribution >= 4 is 5.97 Å². The summed E-state index contributed by atoms with van der Waals surface area (Å²) >= 11 is 0. The maximum absolute atomic E-state index is 11.7. The first-order chi connectivity index (χ1) is 12.0. The minimum atomic E-state index is -0.963. The second-order valence-corrected chi connectivity index (χ2v) is 6.44. The lowest BCUT2D eigenvalue weighted by atomic mass is 9.97. The van der Waals surface area contributed by atoms with E-state index in [1.54, 1.807) is 17.7 Å². The van der Waals surface area contributed by atoms with Crippen LogP contribution in [0.5, 0.6) is 0 Å². The third-order valence-electron chi connectivity index (χ3n) is 4.07. The van der Waals surface area contributed by atoms with Gasteiger partial charge in [-0.05, 0) is 52.1 Å². The summed E-state index contributed by atoms with van der Waals surface area (Å²) in [4.78, 5) is 11.7. The molecule has 128 valence electrons. The van der Waals surface area contributed by atoms with E-state index in [1.807, 2.05) is 36.4 Å². The molecule has 1 aromatic heterocycles. The molecule has 0 atom stereocenters. The average molecular weight is 336 g/mol. The van der Waals surface area contributed by atoms with Crippen molar-refractivity contribution in [2.75, 3.05) is 0 Å². The van der Waals surface area contributed by atoms with Crippen LogP contribution in [0, 0.1) is 12.8 Å². The Morgan fingerprint density at radius 3 is 2.52 bits per heavy atom. The van der Waals surface area contributed by atoms with Crippen LogP contribution in [0.15, 0.2) is 42.5 Å². The summed E-state index contributed by atoms with van der Waals surface area (Å²) in [6, 6.07) is 13.3. The van der Waals surface area contributed by atoms with Crippen LogP contribution in [-0.2, 0) is 6.42 Å². The highest BCUT2D eigenvalue weighted by atomic mass is 16.4. The van der Waals surface area contributed by atoms with Gasteiger partial charge in [0.15, 0.2) is 5.82 Å². The number of hydrogen-bond donors (Lipinski definition) is 1. The molecular formula is C19H20N4O2. The Kier molecular flexibility index (Phi) is 4.61. The monoisotopic (exact) mass is 336 g/mol. The largest absolute Gasteiger partial charge is 0.478 e. The second-order valence-electron chi connectivity index (χ2n) is 6.44. The molecule has 0 saturated carbocycles. The molecule has 0 bridgehead atoms. The van der Waals surface area contributed by atoms with Gasteiger partial charge in [0.1, 0.15) is 0 Å². The molecule has 0 aliphatic carbocycles. The van der Waals surface area contributed by atoms with Crippen molar-refractivity contribution in [2.24, 2.45) is 5.92 Å². The van der Waals surface area contributed by atoms with Crippen molar-refractivity contribution in [3.05, 3.63) is 59.4 Å². The van der Waals surface area contributed by atoms with E-state index >= 15 is 0 Å². The molecule has 1 heterocycles. The lowest BCUT2D eigenvalue weighted by Crippen LogP contribution is -2.11. The Morgan fingerprint density at radius 2 is 1.88 bits per heavy atom. The van der Waals surface area contributed by atoms with Crippen molar-refractivity contribution < 1.29 is 9.90 Å². The number of carboxylic acid groups (broad SMARTS) is 1. The van der Waals surface area contributed by atoms with Crippen molar-refractivity contribution in [3.63, 3.8) is 0 Å². The summed E-state index contributed by atoms with van der Waals surface area (Å²) in [6.07, 6.45) is 0.713.